The molecule has 0 bridgehead atoms. The zero-order chi connectivity index (χ0) is 21.0. The fraction of sp³-hybridized carbons (Fsp3) is 0.167. The van der Waals surface area contributed by atoms with Gasteiger partial charge in [0, 0.05) is 22.7 Å². The van der Waals surface area contributed by atoms with Crippen molar-refractivity contribution in [1.29, 1.82) is 0 Å². The lowest BCUT2D eigenvalue weighted by atomic mass is 9.87. The number of pyridine rings is 1. The van der Waals surface area contributed by atoms with Crippen LogP contribution in [0.2, 0.25) is 0 Å². The molecule has 150 valence electrons. The Balaban J connectivity index is 1.93. The third kappa shape index (κ3) is 2.50. The van der Waals surface area contributed by atoms with Gasteiger partial charge < -0.3 is 19.3 Å². The Kier molecular flexibility index (Phi) is 4.03. The van der Waals surface area contributed by atoms with Crippen molar-refractivity contribution in [3.05, 3.63) is 59.3 Å². The van der Waals surface area contributed by atoms with E-state index in [4.69, 9.17) is 14.2 Å². The first-order valence-electron chi connectivity index (χ1n) is 9.50. The van der Waals surface area contributed by atoms with Gasteiger partial charge in [0.2, 0.25) is 0 Å². The number of benzene rings is 3. The van der Waals surface area contributed by atoms with Crippen LogP contribution in [-0.2, 0) is 11.3 Å². The van der Waals surface area contributed by atoms with E-state index in [0.29, 0.717) is 28.0 Å². The van der Waals surface area contributed by atoms with E-state index in [1.54, 1.807) is 26.5 Å². The van der Waals surface area contributed by atoms with Gasteiger partial charge in [0.25, 0.3) is 0 Å². The number of carbonyl (C=O) groups is 1. The molecule has 0 atom stereocenters. The van der Waals surface area contributed by atoms with Crippen LogP contribution in [-0.4, -0.2) is 30.3 Å². The van der Waals surface area contributed by atoms with Crippen LogP contribution in [0.15, 0.2) is 42.6 Å². The maximum Gasteiger partial charge on any atom is 0.339 e. The van der Waals surface area contributed by atoms with E-state index in [0.717, 1.165) is 33.0 Å². The summed E-state index contributed by atoms with van der Waals surface area (Å²) in [7, 11) is 3.18. The third-order valence-corrected chi connectivity index (χ3v) is 5.70. The van der Waals surface area contributed by atoms with Crippen molar-refractivity contribution in [2.24, 2.45) is 0 Å². The first-order valence-corrected chi connectivity index (χ1v) is 9.50. The van der Waals surface area contributed by atoms with E-state index < -0.39 is 0 Å². The van der Waals surface area contributed by atoms with E-state index in [1.807, 2.05) is 37.3 Å². The smallest absolute Gasteiger partial charge is 0.339 e. The molecule has 0 amide bonds. The first-order chi connectivity index (χ1) is 14.5. The second-order valence-electron chi connectivity index (χ2n) is 7.25. The van der Waals surface area contributed by atoms with Crippen molar-refractivity contribution in [1.82, 2.24) is 4.98 Å². The summed E-state index contributed by atoms with van der Waals surface area (Å²) in [5.41, 5.74) is 4.57. The molecule has 1 aromatic heterocycles. The van der Waals surface area contributed by atoms with Gasteiger partial charge in [0.15, 0.2) is 11.5 Å². The first kappa shape index (κ1) is 18.2. The summed E-state index contributed by atoms with van der Waals surface area (Å²) in [6.07, 6.45) is 1.57. The second kappa shape index (κ2) is 6.62. The molecule has 0 saturated carbocycles. The average molecular weight is 401 g/mol. The van der Waals surface area contributed by atoms with Gasteiger partial charge in [0.05, 0.1) is 25.3 Å². The number of carbonyl (C=O) groups excluding carboxylic acids is 1. The van der Waals surface area contributed by atoms with Gasteiger partial charge in [-0.2, -0.15) is 0 Å². The van der Waals surface area contributed by atoms with Gasteiger partial charge in [-0.15, -0.1) is 0 Å². The summed E-state index contributed by atoms with van der Waals surface area (Å²) in [5.74, 6) is 1.01. The molecule has 5 rings (SSSR count). The number of methoxy groups -OCH3 is 2. The summed E-state index contributed by atoms with van der Waals surface area (Å²) in [6, 6.07) is 11.0. The highest BCUT2D eigenvalue weighted by molar-refractivity contribution is 6.12. The van der Waals surface area contributed by atoms with Gasteiger partial charge in [-0.3, -0.25) is 4.98 Å². The summed E-state index contributed by atoms with van der Waals surface area (Å²) in [6.45, 7) is 2.17. The topological polar surface area (TPSA) is 77.9 Å². The number of hydrogen-bond donors (Lipinski definition) is 1. The molecule has 0 radical (unpaired) electrons. The van der Waals surface area contributed by atoms with Gasteiger partial charge in [-0.05, 0) is 59.2 Å². The van der Waals surface area contributed by atoms with E-state index in [9.17, 15) is 9.90 Å². The Morgan fingerprint density at radius 3 is 2.53 bits per heavy atom. The molecular formula is C24H19NO5. The van der Waals surface area contributed by atoms with Gasteiger partial charge in [0.1, 0.15) is 12.4 Å². The molecule has 4 aromatic rings. The maximum absolute atomic E-state index is 12.7. The molecular weight excluding hydrogens is 382 g/mol. The van der Waals surface area contributed by atoms with Crippen LogP contribution in [0.4, 0.5) is 0 Å². The molecule has 0 unspecified atom stereocenters. The summed E-state index contributed by atoms with van der Waals surface area (Å²) < 4.78 is 16.3. The molecule has 6 heteroatoms. The maximum atomic E-state index is 12.7. The number of fused-ring (bicyclic) bond motifs is 3. The van der Waals surface area contributed by atoms with Crippen molar-refractivity contribution in [3.8, 4) is 28.4 Å². The van der Waals surface area contributed by atoms with Gasteiger partial charge in [-0.1, -0.05) is 6.07 Å². The molecule has 0 spiro atoms. The third-order valence-electron chi connectivity index (χ3n) is 5.70. The van der Waals surface area contributed by atoms with Crippen LogP contribution < -0.4 is 9.47 Å². The summed E-state index contributed by atoms with van der Waals surface area (Å²) >= 11 is 0. The summed E-state index contributed by atoms with van der Waals surface area (Å²) in [4.78, 5) is 17.1. The normalized spacial score (nSPS) is 12.8. The second-order valence-corrected chi connectivity index (χ2v) is 7.25. The van der Waals surface area contributed by atoms with Crippen molar-refractivity contribution >= 4 is 27.6 Å². The fourth-order valence-electron chi connectivity index (χ4n) is 4.24. The number of aromatic nitrogens is 1. The summed E-state index contributed by atoms with van der Waals surface area (Å²) in [5, 5.41) is 12.6. The lowest BCUT2D eigenvalue weighted by Crippen LogP contribution is -2.01. The Bertz CT molecular complexity index is 1360. The lowest BCUT2D eigenvalue weighted by Gasteiger charge is -2.17. The number of aromatic hydroxyl groups is 1. The molecule has 0 fully saturated rings. The Labute approximate surface area is 172 Å². The molecule has 2 heterocycles. The highest BCUT2D eigenvalue weighted by Gasteiger charge is 2.29. The number of rotatable bonds is 3. The number of nitrogens with zero attached hydrogens (tertiary/aromatic N) is 1. The van der Waals surface area contributed by atoms with Crippen molar-refractivity contribution in [3.63, 3.8) is 0 Å². The number of hydrogen-bond acceptors (Lipinski definition) is 6. The Morgan fingerprint density at radius 2 is 1.77 bits per heavy atom. The zero-order valence-electron chi connectivity index (χ0n) is 16.8. The molecule has 0 aliphatic carbocycles. The quantitative estimate of drug-likeness (QED) is 0.499. The van der Waals surface area contributed by atoms with Gasteiger partial charge >= 0.3 is 5.97 Å². The number of ether oxygens (including phenoxy) is 3. The van der Waals surface area contributed by atoms with Crippen molar-refractivity contribution in [2.45, 2.75) is 13.5 Å². The Hall–Kier alpha value is -3.80. The minimum Gasteiger partial charge on any atom is -0.507 e. The van der Waals surface area contributed by atoms with E-state index >= 15 is 0 Å². The number of aryl methyl sites for hydroxylation is 1. The van der Waals surface area contributed by atoms with Gasteiger partial charge in [-0.25, -0.2) is 4.79 Å². The van der Waals surface area contributed by atoms with Crippen LogP contribution in [0.25, 0.3) is 32.8 Å². The molecule has 1 aliphatic heterocycles. The lowest BCUT2D eigenvalue weighted by molar-refractivity contribution is 0.0535. The predicted octanol–water partition coefficient (Wildman–Crippen LogP) is 4.76. The van der Waals surface area contributed by atoms with Crippen molar-refractivity contribution in [2.75, 3.05) is 14.2 Å². The van der Waals surface area contributed by atoms with Crippen LogP contribution in [0.1, 0.15) is 21.5 Å². The van der Waals surface area contributed by atoms with Crippen LogP contribution in [0.3, 0.4) is 0 Å². The van der Waals surface area contributed by atoms with Crippen LogP contribution in [0.5, 0.6) is 17.2 Å². The predicted molar refractivity (Wildman–Crippen MR) is 113 cm³/mol. The largest absolute Gasteiger partial charge is 0.507 e. The van der Waals surface area contributed by atoms with Crippen LogP contribution >= 0.6 is 0 Å². The van der Waals surface area contributed by atoms with E-state index in [2.05, 4.69) is 4.98 Å². The zero-order valence-corrected chi connectivity index (χ0v) is 16.8. The van der Waals surface area contributed by atoms with E-state index in [1.165, 1.54) is 0 Å². The van der Waals surface area contributed by atoms with Crippen LogP contribution in [0, 0.1) is 6.92 Å². The molecule has 3 aromatic carbocycles. The minimum absolute atomic E-state index is 0.170. The highest BCUT2D eigenvalue weighted by atomic mass is 16.5. The van der Waals surface area contributed by atoms with E-state index in [-0.39, 0.29) is 18.3 Å². The number of esters is 1. The molecule has 0 saturated heterocycles. The SMILES string of the molecule is COc1cc2cc3c(c(-c4ccc5c(O)ccnc5c4C)c2cc1OC)C(=O)OC3. The fourth-order valence-corrected chi connectivity index (χ4v) is 4.24. The standard InChI is InChI=1S/C24H19NO5/c1-12-15(4-5-16-18(26)6-7-25-23(12)16)22-17-10-20(29-3)19(28-2)9-13(17)8-14-11-30-24(27)21(14)22/h4-10H,11H2,1-3H3,(H,25,26). The minimum atomic E-state index is -0.347. The molecule has 6 nitrogen and oxygen atoms in total. The van der Waals surface area contributed by atoms with Crippen molar-refractivity contribution < 1.29 is 24.1 Å². The molecule has 30 heavy (non-hydrogen) atoms. The number of cyclic esters (lactones) is 1. The molecule has 1 N–H and O–H groups in total. The molecule has 1 aliphatic rings. The Morgan fingerprint density at radius 1 is 1.00 bits per heavy atom. The monoisotopic (exact) mass is 401 g/mol. The average Bonchev–Trinajstić information content (AvgIpc) is 3.12. The highest BCUT2D eigenvalue weighted by Crippen LogP contribution is 2.44.